The van der Waals surface area contributed by atoms with Crippen LogP contribution in [-0.4, -0.2) is 15.7 Å². The number of anilines is 1. The van der Waals surface area contributed by atoms with Gasteiger partial charge in [0.1, 0.15) is 11.1 Å². The molecule has 0 unspecified atom stereocenters. The van der Waals surface area contributed by atoms with Crippen molar-refractivity contribution in [3.05, 3.63) is 39.5 Å². The Hall–Kier alpha value is -2.39. The minimum absolute atomic E-state index is 0.222. The number of carbonyl (C=O) groups excluding carboxylic acids is 1. The van der Waals surface area contributed by atoms with Crippen LogP contribution in [0.2, 0.25) is 0 Å². The van der Waals surface area contributed by atoms with Gasteiger partial charge in [0.25, 0.3) is 0 Å². The van der Waals surface area contributed by atoms with Crippen molar-refractivity contribution in [1.82, 2.24) is 9.78 Å². The third-order valence-corrected chi connectivity index (χ3v) is 6.70. The zero-order valence-electron chi connectivity index (χ0n) is 16.6. The summed E-state index contributed by atoms with van der Waals surface area (Å²) < 4.78 is 1.77. The lowest BCUT2D eigenvalue weighted by Gasteiger charge is -2.33. The molecule has 0 aliphatic heterocycles. The van der Waals surface area contributed by atoms with E-state index in [9.17, 15) is 10.1 Å². The minimum Gasteiger partial charge on any atom is -0.313 e. The van der Waals surface area contributed by atoms with Crippen molar-refractivity contribution in [2.24, 2.45) is 18.4 Å². The van der Waals surface area contributed by atoms with Crippen molar-refractivity contribution < 1.29 is 4.79 Å². The maximum absolute atomic E-state index is 12.4. The van der Waals surface area contributed by atoms with E-state index < -0.39 is 0 Å². The molecule has 2 heterocycles. The molecule has 0 fully saturated rings. The maximum atomic E-state index is 12.4. The Morgan fingerprint density at radius 3 is 2.81 bits per heavy atom. The summed E-state index contributed by atoms with van der Waals surface area (Å²) in [5.41, 5.74) is 3.93. The zero-order chi connectivity index (χ0) is 19.8. The van der Waals surface area contributed by atoms with Crippen LogP contribution in [0.25, 0.3) is 6.08 Å². The van der Waals surface area contributed by atoms with Gasteiger partial charge in [0.05, 0.1) is 11.8 Å². The summed E-state index contributed by atoms with van der Waals surface area (Å²) in [4.78, 5) is 13.6. The van der Waals surface area contributed by atoms with Crippen LogP contribution in [0.3, 0.4) is 0 Å². The molecule has 0 spiro atoms. The predicted molar refractivity (Wildman–Crippen MR) is 110 cm³/mol. The number of nitrogens with one attached hydrogen (secondary N) is 1. The number of hydrogen-bond acceptors (Lipinski definition) is 4. The maximum Gasteiger partial charge on any atom is 0.249 e. The van der Waals surface area contributed by atoms with Gasteiger partial charge >= 0.3 is 0 Å². The van der Waals surface area contributed by atoms with E-state index in [1.807, 2.05) is 14.0 Å². The number of amides is 1. The van der Waals surface area contributed by atoms with E-state index in [1.54, 1.807) is 28.3 Å². The molecule has 142 valence electrons. The second-order valence-electron chi connectivity index (χ2n) is 8.26. The highest BCUT2D eigenvalue weighted by Gasteiger charge is 2.32. The quantitative estimate of drug-likeness (QED) is 0.797. The van der Waals surface area contributed by atoms with Gasteiger partial charge in [0.2, 0.25) is 5.91 Å². The van der Waals surface area contributed by atoms with E-state index in [4.69, 9.17) is 0 Å². The van der Waals surface area contributed by atoms with Crippen molar-refractivity contribution >= 4 is 28.3 Å². The largest absolute Gasteiger partial charge is 0.313 e. The van der Waals surface area contributed by atoms with Gasteiger partial charge in [-0.25, -0.2) is 0 Å². The standard InChI is InChI=1S/C21H26N4OS/c1-13-14(12-23-25(13)5)6-9-19(26)24-20-17(11-22)16-8-7-15(21(2,3)4)10-18(16)27-20/h6,9,12,15H,7-8,10H2,1-5H3,(H,24,26)/b9-6+/t15-/m1/s1. The number of rotatable bonds is 3. The third kappa shape index (κ3) is 3.98. The lowest BCUT2D eigenvalue weighted by molar-refractivity contribution is -0.111. The Morgan fingerprint density at radius 1 is 1.48 bits per heavy atom. The molecule has 0 aromatic carbocycles. The number of hydrogen-bond donors (Lipinski definition) is 1. The van der Waals surface area contributed by atoms with Crippen LogP contribution >= 0.6 is 11.3 Å². The second-order valence-corrected chi connectivity index (χ2v) is 9.36. The fraction of sp³-hybridized carbons (Fsp3) is 0.476. The van der Waals surface area contributed by atoms with Crippen LogP contribution in [0.1, 0.15) is 54.5 Å². The summed E-state index contributed by atoms with van der Waals surface area (Å²) in [6.45, 7) is 8.78. The Balaban J connectivity index is 1.78. The first-order valence-corrected chi connectivity index (χ1v) is 10.0. The van der Waals surface area contributed by atoms with Gasteiger partial charge in [-0.15, -0.1) is 11.3 Å². The van der Waals surface area contributed by atoms with Crippen molar-refractivity contribution in [1.29, 1.82) is 5.26 Å². The number of carbonyl (C=O) groups is 1. The van der Waals surface area contributed by atoms with Crippen molar-refractivity contribution in [2.75, 3.05) is 5.32 Å². The smallest absolute Gasteiger partial charge is 0.249 e. The zero-order valence-corrected chi connectivity index (χ0v) is 17.4. The first-order chi connectivity index (χ1) is 12.7. The van der Waals surface area contributed by atoms with Crippen molar-refractivity contribution in [3.63, 3.8) is 0 Å². The summed E-state index contributed by atoms with van der Waals surface area (Å²) in [7, 11) is 1.87. The molecule has 0 saturated heterocycles. The summed E-state index contributed by atoms with van der Waals surface area (Å²) in [6.07, 6.45) is 7.98. The van der Waals surface area contributed by atoms with Crippen LogP contribution in [0, 0.1) is 29.6 Å². The van der Waals surface area contributed by atoms with Crippen molar-refractivity contribution in [3.8, 4) is 6.07 Å². The highest BCUT2D eigenvalue weighted by atomic mass is 32.1. The average molecular weight is 383 g/mol. The van der Waals surface area contributed by atoms with Gasteiger partial charge in [0, 0.05) is 29.3 Å². The predicted octanol–water partition coefficient (Wildman–Crippen LogP) is 4.46. The van der Waals surface area contributed by atoms with E-state index in [0.717, 1.165) is 36.1 Å². The van der Waals surface area contributed by atoms with Crippen LogP contribution in [0.15, 0.2) is 12.3 Å². The highest BCUT2D eigenvalue weighted by Crippen LogP contribution is 2.43. The molecular formula is C21H26N4OS. The van der Waals surface area contributed by atoms with Crippen LogP contribution in [0.5, 0.6) is 0 Å². The van der Waals surface area contributed by atoms with Gasteiger partial charge in [0.15, 0.2) is 0 Å². The second kappa shape index (κ2) is 7.32. The van der Waals surface area contributed by atoms with Crippen LogP contribution in [-0.2, 0) is 24.7 Å². The number of nitriles is 1. The van der Waals surface area contributed by atoms with Gasteiger partial charge in [-0.3, -0.25) is 9.48 Å². The summed E-state index contributed by atoms with van der Waals surface area (Å²) in [6, 6.07) is 2.31. The molecule has 2 aromatic heterocycles. The van der Waals surface area contributed by atoms with E-state index in [-0.39, 0.29) is 11.3 Å². The van der Waals surface area contributed by atoms with Crippen molar-refractivity contribution in [2.45, 2.75) is 47.0 Å². The van der Waals surface area contributed by atoms with Crippen LogP contribution < -0.4 is 5.32 Å². The first kappa shape index (κ1) is 19.4. The number of fused-ring (bicyclic) bond motifs is 1. The molecule has 2 aromatic rings. The summed E-state index contributed by atoms with van der Waals surface area (Å²) >= 11 is 1.56. The molecular weight excluding hydrogens is 356 g/mol. The monoisotopic (exact) mass is 382 g/mol. The number of nitrogens with zero attached hydrogens (tertiary/aromatic N) is 3. The first-order valence-electron chi connectivity index (χ1n) is 9.23. The topological polar surface area (TPSA) is 70.7 Å². The van der Waals surface area contributed by atoms with Gasteiger partial charge < -0.3 is 5.32 Å². The molecule has 0 radical (unpaired) electrons. The Bertz CT molecular complexity index is 937. The molecule has 0 bridgehead atoms. The van der Waals surface area contributed by atoms with E-state index in [2.05, 4.69) is 37.3 Å². The fourth-order valence-electron chi connectivity index (χ4n) is 3.53. The molecule has 3 rings (SSSR count). The third-order valence-electron chi connectivity index (χ3n) is 5.53. The minimum atomic E-state index is -0.222. The SMILES string of the molecule is Cc1c(/C=C/C(=O)Nc2sc3c(c2C#N)CC[C@@H](C(C)(C)C)C3)cnn1C. The molecule has 1 atom stereocenters. The van der Waals surface area contributed by atoms with Gasteiger partial charge in [-0.1, -0.05) is 20.8 Å². The molecule has 1 N–H and O–H groups in total. The molecule has 0 saturated carbocycles. The molecule has 1 aliphatic rings. The summed E-state index contributed by atoms with van der Waals surface area (Å²) in [5, 5.41) is 17.4. The molecule has 1 aliphatic carbocycles. The molecule has 6 heteroatoms. The number of thiophene rings is 1. The Kier molecular flexibility index (Phi) is 5.25. The van der Waals surface area contributed by atoms with E-state index in [1.165, 1.54) is 11.0 Å². The summed E-state index contributed by atoms with van der Waals surface area (Å²) in [5.74, 6) is 0.382. The normalized spacial score (nSPS) is 17.0. The van der Waals surface area contributed by atoms with E-state index >= 15 is 0 Å². The van der Waals surface area contributed by atoms with E-state index in [0.29, 0.717) is 16.5 Å². The Labute approximate surface area is 164 Å². The van der Waals surface area contributed by atoms with Gasteiger partial charge in [-0.2, -0.15) is 10.4 Å². The fourth-order valence-corrected chi connectivity index (χ4v) is 4.81. The number of aromatic nitrogens is 2. The Morgan fingerprint density at radius 2 is 2.22 bits per heavy atom. The highest BCUT2D eigenvalue weighted by molar-refractivity contribution is 7.16. The lowest BCUT2D eigenvalue weighted by Crippen LogP contribution is -2.26. The van der Waals surface area contributed by atoms with Crippen LogP contribution in [0.4, 0.5) is 5.00 Å². The number of aryl methyl sites for hydroxylation is 1. The molecule has 5 nitrogen and oxygen atoms in total. The average Bonchev–Trinajstić information content (AvgIpc) is 3.11. The molecule has 27 heavy (non-hydrogen) atoms. The van der Waals surface area contributed by atoms with Gasteiger partial charge in [-0.05, 0) is 49.2 Å². The lowest BCUT2D eigenvalue weighted by atomic mass is 9.72. The molecule has 1 amide bonds.